The van der Waals surface area contributed by atoms with Crippen molar-refractivity contribution in [3.05, 3.63) is 51.5 Å². The van der Waals surface area contributed by atoms with Crippen LogP contribution in [0.25, 0.3) is 0 Å². The van der Waals surface area contributed by atoms with Crippen molar-refractivity contribution < 1.29 is 44.7 Å². The van der Waals surface area contributed by atoms with Crippen LogP contribution in [0.3, 0.4) is 0 Å². The van der Waals surface area contributed by atoms with Gasteiger partial charge in [0, 0.05) is 28.7 Å². The van der Waals surface area contributed by atoms with Crippen LogP contribution in [0.2, 0.25) is 0 Å². The number of aromatic hydroxyl groups is 1. The highest BCUT2D eigenvalue weighted by Crippen LogP contribution is 2.67. The Morgan fingerprint density at radius 2 is 1.63 bits per heavy atom. The van der Waals surface area contributed by atoms with Gasteiger partial charge in [-0.1, -0.05) is 60.6 Å². The molecule has 3 aliphatic rings. The van der Waals surface area contributed by atoms with E-state index in [4.69, 9.17) is 0 Å². The molecule has 1 aromatic carbocycles. The van der Waals surface area contributed by atoms with Crippen LogP contribution in [0.5, 0.6) is 5.75 Å². The summed E-state index contributed by atoms with van der Waals surface area (Å²) >= 11 is 0. The van der Waals surface area contributed by atoms with E-state index in [1.54, 1.807) is 39.8 Å². The molecule has 0 heterocycles. The van der Waals surface area contributed by atoms with Crippen LogP contribution in [-0.4, -0.2) is 60.4 Å². The van der Waals surface area contributed by atoms with E-state index in [1.165, 1.54) is 13.8 Å². The standard InChI is InChI=1S/C34H44O9/c1-15(2)23-26(38)21(18(5)36)28(40)34(43)29(41)24-27(39)22-19(17(4)32(24,8)30(42)33(23,34)9)12-13-20(25(22)37)31(6,7)14-10-11-16(3)35/h12-13,15,17,23,30,37-38,41-43H,10-11,14H2,1-9H3/t17-,23?,30-,32+,33+,34+/m1/s1. The zero-order valence-electron chi connectivity index (χ0n) is 26.5. The molecule has 0 bridgehead atoms. The molecule has 0 saturated heterocycles. The van der Waals surface area contributed by atoms with Crippen molar-refractivity contribution in [1.29, 1.82) is 0 Å². The number of carbonyl (C=O) groups is 4. The molecule has 9 nitrogen and oxygen atoms in total. The van der Waals surface area contributed by atoms with Crippen LogP contribution in [0.4, 0.5) is 0 Å². The quantitative estimate of drug-likeness (QED) is 0.274. The highest BCUT2D eigenvalue weighted by molar-refractivity contribution is 6.25. The summed E-state index contributed by atoms with van der Waals surface area (Å²) in [5.41, 5.74) is -7.40. The fourth-order valence-electron chi connectivity index (χ4n) is 8.40. The van der Waals surface area contributed by atoms with Gasteiger partial charge in [0.25, 0.3) is 0 Å². The first-order valence-electron chi connectivity index (χ1n) is 14.9. The minimum atomic E-state index is -2.92. The molecular weight excluding hydrogens is 552 g/mol. The lowest BCUT2D eigenvalue weighted by atomic mass is 9.41. The van der Waals surface area contributed by atoms with Gasteiger partial charge in [0.2, 0.25) is 5.78 Å². The summed E-state index contributed by atoms with van der Waals surface area (Å²) in [5, 5.41) is 59.3. The van der Waals surface area contributed by atoms with Crippen molar-refractivity contribution in [2.75, 3.05) is 0 Å². The number of hydrogen-bond donors (Lipinski definition) is 5. The number of fused-ring (bicyclic) bond motifs is 3. The summed E-state index contributed by atoms with van der Waals surface area (Å²) in [5.74, 6) is -7.14. The van der Waals surface area contributed by atoms with Gasteiger partial charge in [0.05, 0.1) is 17.2 Å². The van der Waals surface area contributed by atoms with Gasteiger partial charge in [-0.05, 0) is 49.5 Å². The first kappa shape index (κ1) is 32.6. The van der Waals surface area contributed by atoms with Crippen LogP contribution >= 0.6 is 0 Å². The van der Waals surface area contributed by atoms with Crippen molar-refractivity contribution in [3.8, 4) is 5.75 Å². The molecule has 9 heteroatoms. The second-order valence-corrected chi connectivity index (χ2v) is 14.2. The van der Waals surface area contributed by atoms with Crippen molar-refractivity contribution >= 4 is 23.1 Å². The van der Waals surface area contributed by atoms with Crippen LogP contribution in [0.15, 0.2) is 34.8 Å². The van der Waals surface area contributed by atoms with Crippen molar-refractivity contribution in [2.24, 2.45) is 22.7 Å². The minimum absolute atomic E-state index is 0.0463. The zero-order chi connectivity index (χ0) is 32.8. The van der Waals surface area contributed by atoms with E-state index in [0.717, 1.165) is 6.92 Å². The fraction of sp³-hybridized carbons (Fsp3) is 0.588. The number of phenols is 1. The Morgan fingerprint density at radius 1 is 1.05 bits per heavy atom. The number of Topliss-reactive ketones (excluding diaryl/α,β-unsaturated/α-hetero) is 4. The van der Waals surface area contributed by atoms with E-state index >= 15 is 0 Å². The molecule has 0 aliphatic heterocycles. The number of aliphatic hydroxyl groups is 4. The monoisotopic (exact) mass is 596 g/mol. The summed E-state index contributed by atoms with van der Waals surface area (Å²) in [6.07, 6.45) is -0.181. The van der Waals surface area contributed by atoms with E-state index in [9.17, 15) is 44.7 Å². The Kier molecular flexibility index (Phi) is 7.68. The topological polar surface area (TPSA) is 169 Å². The molecule has 4 rings (SSSR count). The maximum atomic E-state index is 14.4. The molecule has 3 aliphatic carbocycles. The lowest BCUT2D eigenvalue weighted by Gasteiger charge is -2.63. The summed E-state index contributed by atoms with van der Waals surface area (Å²) in [6, 6.07) is 3.44. The van der Waals surface area contributed by atoms with Crippen LogP contribution in [0, 0.1) is 22.7 Å². The van der Waals surface area contributed by atoms with E-state index < -0.39 is 85.7 Å². The predicted octanol–water partition coefficient (Wildman–Crippen LogP) is 4.92. The van der Waals surface area contributed by atoms with E-state index in [1.807, 2.05) is 13.8 Å². The van der Waals surface area contributed by atoms with E-state index in [2.05, 4.69) is 0 Å². The van der Waals surface area contributed by atoms with Crippen molar-refractivity contribution in [2.45, 2.75) is 105 Å². The molecule has 6 atom stereocenters. The van der Waals surface area contributed by atoms with Crippen molar-refractivity contribution in [1.82, 2.24) is 0 Å². The predicted molar refractivity (Wildman–Crippen MR) is 159 cm³/mol. The number of ketones is 4. The molecule has 1 unspecified atom stereocenters. The van der Waals surface area contributed by atoms with Gasteiger partial charge in [0.1, 0.15) is 28.6 Å². The summed E-state index contributed by atoms with van der Waals surface area (Å²) in [7, 11) is 0. The molecule has 5 N–H and O–H groups in total. The number of carbonyl (C=O) groups excluding carboxylic acids is 4. The van der Waals surface area contributed by atoms with Gasteiger partial charge in [-0.25, -0.2) is 0 Å². The Balaban J connectivity index is 2.03. The average Bonchev–Trinajstić information content (AvgIpc) is 2.88. The highest BCUT2D eigenvalue weighted by atomic mass is 16.4. The molecule has 1 aromatic rings. The summed E-state index contributed by atoms with van der Waals surface area (Å²) in [6.45, 7) is 14.4. The van der Waals surface area contributed by atoms with Crippen LogP contribution in [0.1, 0.15) is 109 Å². The smallest absolute Gasteiger partial charge is 0.209 e. The summed E-state index contributed by atoms with van der Waals surface area (Å²) < 4.78 is 0. The van der Waals surface area contributed by atoms with E-state index in [0.29, 0.717) is 30.4 Å². The van der Waals surface area contributed by atoms with E-state index in [-0.39, 0.29) is 17.1 Å². The van der Waals surface area contributed by atoms with Gasteiger partial charge in [0.15, 0.2) is 17.2 Å². The molecule has 234 valence electrons. The number of aliphatic hydroxyl groups excluding tert-OH is 3. The first-order valence-corrected chi connectivity index (χ1v) is 14.9. The second kappa shape index (κ2) is 10.1. The summed E-state index contributed by atoms with van der Waals surface area (Å²) in [4.78, 5) is 52.4. The maximum Gasteiger partial charge on any atom is 0.209 e. The normalized spacial score (nSPS) is 32.5. The molecule has 0 fully saturated rings. The number of allylic oxidation sites excluding steroid dienone is 1. The third-order valence-electron chi connectivity index (χ3n) is 10.9. The van der Waals surface area contributed by atoms with Gasteiger partial charge >= 0.3 is 0 Å². The fourth-order valence-corrected chi connectivity index (χ4v) is 8.40. The third-order valence-corrected chi connectivity index (χ3v) is 10.9. The van der Waals surface area contributed by atoms with Gasteiger partial charge in [-0.15, -0.1) is 0 Å². The number of rotatable bonds is 7. The molecule has 0 radical (unpaired) electrons. The van der Waals surface area contributed by atoms with Gasteiger partial charge in [-0.3, -0.25) is 14.4 Å². The highest BCUT2D eigenvalue weighted by Gasteiger charge is 2.76. The Morgan fingerprint density at radius 3 is 2.14 bits per heavy atom. The lowest BCUT2D eigenvalue weighted by molar-refractivity contribution is -0.211. The average molecular weight is 597 g/mol. The largest absolute Gasteiger partial charge is 0.511 e. The van der Waals surface area contributed by atoms with Crippen molar-refractivity contribution in [3.63, 3.8) is 0 Å². The van der Waals surface area contributed by atoms with Gasteiger partial charge < -0.3 is 30.3 Å². The number of benzene rings is 1. The van der Waals surface area contributed by atoms with Gasteiger partial charge in [-0.2, -0.15) is 0 Å². The lowest BCUT2D eigenvalue weighted by Crippen LogP contribution is -2.73. The third kappa shape index (κ3) is 4.03. The molecule has 0 saturated carbocycles. The Labute approximate surface area is 252 Å². The molecule has 0 spiro atoms. The Bertz CT molecular complexity index is 1510. The van der Waals surface area contributed by atoms with Crippen LogP contribution < -0.4 is 0 Å². The molecule has 0 amide bonds. The first-order chi connectivity index (χ1) is 19.6. The SMILES string of the molecule is CC(=O)CCCC(C)(C)c1ccc2c(c1O)C(=O)C1=C(O)[C@@]3(O)C(=O)C(C(C)=O)=C(O)C(C(C)C)[C@@]3(C)[C@H](O)[C@@]1(C)[C@@H]2C. The zero-order valence-corrected chi connectivity index (χ0v) is 26.5. The second-order valence-electron chi connectivity index (χ2n) is 14.2. The molecule has 43 heavy (non-hydrogen) atoms. The number of hydrogen-bond acceptors (Lipinski definition) is 9. The number of phenolic OH excluding ortho intramolecular Hbond substituents is 1. The minimum Gasteiger partial charge on any atom is -0.511 e. The van der Waals surface area contributed by atoms with Crippen LogP contribution in [-0.2, 0) is 19.8 Å². The molecular formula is C34H44O9. The molecule has 0 aromatic heterocycles. The maximum absolute atomic E-state index is 14.4. The Hall–Kier alpha value is -3.30.